The molecule has 0 bridgehead atoms. The van der Waals surface area contributed by atoms with Gasteiger partial charge in [-0.1, -0.05) is 11.6 Å². The Morgan fingerprint density at radius 2 is 2.22 bits per heavy atom. The van der Waals surface area contributed by atoms with Gasteiger partial charge in [-0.15, -0.1) is 0 Å². The number of halogens is 2. The molecule has 0 atom stereocenters. The Morgan fingerprint density at radius 1 is 1.50 bits per heavy atom. The number of nitrogens with one attached hydrogen (secondary N) is 1. The van der Waals surface area contributed by atoms with Crippen molar-refractivity contribution in [2.45, 2.75) is 0 Å². The maximum absolute atomic E-state index is 11.2. The number of hydrogen-bond donors (Lipinski definition) is 2. The van der Waals surface area contributed by atoms with E-state index in [2.05, 4.69) is 31.3 Å². The van der Waals surface area contributed by atoms with E-state index in [-0.39, 0.29) is 5.69 Å². The number of nitrogens with two attached hydrogens (primary N) is 1. The summed E-state index contributed by atoms with van der Waals surface area (Å²) in [5.74, 6) is -0.161. The minimum atomic E-state index is -0.665. The molecule has 18 heavy (non-hydrogen) atoms. The summed E-state index contributed by atoms with van der Waals surface area (Å²) in [5.41, 5.74) is 6.20. The lowest BCUT2D eigenvalue weighted by atomic mass is 10.1. The lowest BCUT2D eigenvalue weighted by Crippen LogP contribution is -2.12. The third-order valence-corrected chi connectivity index (χ3v) is 3.13. The molecule has 0 aliphatic heterocycles. The molecule has 0 unspecified atom stereocenters. The topological polar surface area (TPSA) is 93.9 Å². The van der Waals surface area contributed by atoms with Gasteiger partial charge in [-0.2, -0.15) is 15.4 Å². The van der Waals surface area contributed by atoms with E-state index in [0.717, 1.165) is 0 Å². The Hall–Kier alpha value is -1.60. The van der Waals surface area contributed by atoms with Gasteiger partial charge in [-0.3, -0.25) is 4.79 Å². The fourth-order valence-corrected chi connectivity index (χ4v) is 2.53. The van der Waals surface area contributed by atoms with Crippen LogP contribution in [0.1, 0.15) is 10.5 Å². The highest BCUT2D eigenvalue weighted by atomic mass is 79.9. The van der Waals surface area contributed by atoms with Gasteiger partial charge < -0.3 is 10.5 Å². The fraction of sp³-hybridized carbons (Fsp3) is 0.100. The van der Waals surface area contributed by atoms with E-state index in [0.29, 0.717) is 26.5 Å². The molecule has 3 N–H and O–H groups in total. The molecule has 0 spiro atoms. The van der Waals surface area contributed by atoms with Gasteiger partial charge in [0.05, 0.1) is 16.6 Å². The number of aromatic amines is 1. The standard InChI is InChI=1S/C10H8BrClN4O2/c1-18-9-5(11)2-4(3-6(9)12)7-8(10(13)17)15-16-14-7/h2-3H,1H3,(H2,13,17)(H,14,15,16). The van der Waals surface area contributed by atoms with Crippen molar-refractivity contribution in [1.29, 1.82) is 0 Å². The Balaban J connectivity index is 2.58. The second-order valence-electron chi connectivity index (χ2n) is 3.36. The summed E-state index contributed by atoms with van der Waals surface area (Å²) in [4.78, 5) is 11.2. The number of rotatable bonds is 3. The Labute approximate surface area is 116 Å². The smallest absolute Gasteiger partial charge is 0.271 e. The number of carbonyl (C=O) groups excluding carboxylic acids is 1. The highest BCUT2D eigenvalue weighted by Crippen LogP contribution is 2.37. The molecule has 1 aromatic heterocycles. The van der Waals surface area contributed by atoms with Crippen molar-refractivity contribution in [3.05, 3.63) is 27.3 Å². The van der Waals surface area contributed by atoms with Gasteiger partial charge in [0.2, 0.25) is 0 Å². The fourth-order valence-electron chi connectivity index (χ4n) is 1.50. The summed E-state index contributed by atoms with van der Waals surface area (Å²) < 4.78 is 5.76. The number of methoxy groups -OCH3 is 1. The van der Waals surface area contributed by atoms with Crippen molar-refractivity contribution < 1.29 is 9.53 Å². The molecular formula is C10H8BrClN4O2. The van der Waals surface area contributed by atoms with Crippen LogP contribution >= 0.6 is 27.5 Å². The van der Waals surface area contributed by atoms with E-state index < -0.39 is 5.91 Å². The van der Waals surface area contributed by atoms with Crippen LogP contribution in [0.15, 0.2) is 16.6 Å². The zero-order valence-electron chi connectivity index (χ0n) is 9.20. The van der Waals surface area contributed by atoms with Crippen LogP contribution in [-0.4, -0.2) is 28.4 Å². The first-order chi connectivity index (χ1) is 8.54. The molecule has 2 aromatic rings. The Morgan fingerprint density at radius 3 is 2.78 bits per heavy atom. The minimum absolute atomic E-state index is 0.0585. The average molecular weight is 332 g/mol. The SMILES string of the molecule is COc1c(Cl)cc(-c2n[nH]nc2C(N)=O)cc1Br. The van der Waals surface area contributed by atoms with Crippen LogP contribution in [0.3, 0.4) is 0 Å². The molecule has 6 nitrogen and oxygen atoms in total. The van der Waals surface area contributed by atoms with Gasteiger partial charge in [-0.25, -0.2) is 0 Å². The van der Waals surface area contributed by atoms with Crippen LogP contribution in [-0.2, 0) is 0 Å². The zero-order valence-corrected chi connectivity index (χ0v) is 11.5. The zero-order chi connectivity index (χ0) is 13.3. The molecule has 0 saturated carbocycles. The first-order valence-corrected chi connectivity index (χ1v) is 5.95. The highest BCUT2D eigenvalue weighted by molar-refractivity contribution is 9.10. The summed E-state index contributed by atoms with van der Waals surface area (Å²) in [5, 5.41) is 10.3. The first kappa shape index (κ1) is 12.8. The minimum Gasteiger partial charge on any atom is -0.494 e. The van der Waals surface area contributed by atoms with Crippen LogP contribution in [0.5, 0.6) is 5.75 Å². The quantitative estimate of drug-likeness (QED) is 0.899. The highest BCUT2D eigenvalue weighted by Gasteiger charge is 2.18. The van der Waals surface area contributed by atoms with E-state index in [1.807, 2.05) is 0 Å². The van der Waals surface area contributed by atoms with Crippen molar-refractivity contribution in [2.24, 2.45) is 5.73 Å². The normalized spacial score (nSPS) is 10.4. The molecule has 0 aliphatic carbocycles. The van der Waals surface area contributed by atoms with Crippen molar-refractivity contribution in [3.63, 3.8) is 0 Å². The molecule has 0 aliphatic rings. The maximum Gasteiger partial charge on any atom is 0.271 e. The summed E-state index contributed by atoms with van der Waals surface area (Å²) in [6.45, 7) is 0. The molecule has 2 rings (SSSR count). The lowest BCUT2D eigenvalue weighted by molar-refractivity contribution is 0.0996. The van der Waals surface area contributed by atoms with Gasteiger partial charge in [0.15, 0.2) is 11.4 Å². The van der Waals surface area contributed by atoms with E-state index in [4.69, 9.17) is 22.1 Å². The van der Waals surface area contributed by atoms with Crippen LogP contribution in [0.2, 0.25) is 5.02 Å². The van der Waals surface area contributed by atoms with E-state index in [1.54, 1.807) is 12.1 Å². The van der Waals surface area contributed by atoms with E-state index in [9.17, 15) is 4.79 Å². The molecule has 0 fully saturated rings. The number of carbonyl (C=O) groups is 1. The lowest BCUT2D eigenvalue weighted by Gasteiger charge is -2.07. The monoisotopic (exact) mass is 330 g/mol. The van der Waals surface area contributed by atoms with Crippen molar-refractivity contribution in [1.82, 2.24) is 15.4 Å². The van der Waals surface area contributed by atoms with Crippen molar-refractivity contribution in [3.8, 4) is 17.0 Å². The largest absolute Gasteiger partial charge is 0.494 e. The number of H-pyrrole nitrogens is 1. The first-order valence-electron chi connectivity index (χ1n) is 4.78. The van der Waals surface area contributed by atoms with E-state index in [1.165, 1.54) is 7.11 Å². The van der Waals surface area contributed by atoms with Crippen molar-refractivity contribution in [2.75, 3.05) is 7.11 Å². The Kier molecular flexibility index (Phi) is 3.53. The number of benzene rings is 1. The molecule has 1 amide bonds. The van der Waals surface area contributed by atoms with Crippen molar-refractivity contribution >= 4 is 33.4 Å². The third-order valence-electron chi connectivity index (χ3n) is 2.26. The van der Waals surface area contributed by atoms with Gasteiger partial charge in [0.25, 0.3) is 5.91 Å². The number of ether oxygens (including phenoxy) is 1. The van der Waals surface area contributed by atoms with Gasteiger partial charge in [0.1, 0.15) is 5.69 Å². The van der Waals surface area contributed by atoms with Gasteiger partial charge in [-0.05, 0) is 28.1 Å². The maximum atomic E-state index is 11.2. The average Bonchev–Trinajstić information content (AvgIpc) is 2.77. The number of amides is 1. The summed E-state index contributed by atoms with van der Waals surface area (Å²) >= 11 is 9.38. The predicted molar refractivity (Wildman–Crippen MR) is 69.6 cm³/mol. The molecule has 1 heterocycles. The molecular weight excluding hydrogens is 323 g/mol. The Bertz CT molecular complexity index is 591. The second kappa shape index (κ2) is 4.95. The number of nitrogens with zero attached hydrogens (tertiary/aromatic N) is 2. The number of hydrogen-bond acceptors (Lipinski definition) is 4. The molecule has 94 valence electrons. The van der Waals surface area contributed by atoms with Gasteiger partial charge in [0, 0.05) is 5.56 Å². The summed E-state index contributed by atoms with van der Waals surface area (Å²) in [7, 11) is 1.51. The number of aromatic nitrogens is 3. The predicted octanol–water partition coefficient (Wildman–Crippen LogP) is 2.00. The van der Waals surface area contributed by atoms with Crippen LogP contribution in [0, 0.1) is 0 Å². The second-order valence-corrected chi connectivity index (χ2v) is 4.62. The summed E-state index contributed by atoms with van der Waals surface area (Å²) in [6, 6.07) is 3.34. The molecule has 1 aromatic carbocycles. The molecule has 0 radical (unpaired) electrons. The molecule has 8 heteroatoms. The van der Waals surface area contributed by atoms with E-state index >= 15 is 0 Å². The number of primary amides is 1. The third kappa shape index (κ3) is 2.19. The molecule has 0 saturated heterocycles. The summed E-state index contributed by atoms with van der Waals surface area (Å²) in [6.07, 6.45) is 0. The van der Waals surface area contributed by atoms with Crippen LogP contribution < -0.4 is 10.5 Å². The van der Waals surface area contributed by atoms with Crippen LogP contribution in [0.4, 0.5) is 0 Å². The van der Waals surface area contributed by atoms with Crippen LogP contribution in [0.25, 0.3) is 11.3 Å². The van der Waals surface area contributed by atoms with Gasteiger partial charge >= 0.3 is 0 Å².